The highest BCUT2D eigenvalue weighted by molar-refractivity contribution is 5.95. The van der Waals surface area contributed by atoms with Crippen molar-refractivity contribution in [3.8, 4) is 11.1 Å². The molecule has 1 fully saturated rings. The molecule has 182 valence electrons. The Morgan fingerprint density at radius 1 is 1.11 bits per heavy atom. The van der Waals surface area contributed by atoms with Crippen LogP contribution >= 0.6 is 0 Å². The summed E-state index contributed by atoms with van der Waals surface area (Å²) in [5.74, 6) is -1.95. The molecule has 8 heteroatoms. The van der Waals surface area contributed by atoms with E-state index in [1.54, 1.807) is 29.2 Å². The number of likely N-dealkylation sites (tertiary alicyclic amines) is 1. The zero-order chi connectivity index (χ0) is 25.2. The lowest BCUT2D eigenvalue weighted by Gasteiger charge is -2.25. The van der Waals surface area contributed by atoms with Crippen LogP contribution in [0.1, 0.15) is 45.7 Å². The zero-order valence-electron chi connectivity index (χ0n) is 19.4. The van der Waals surface area contributed by atoms with Gasteiger partial charge in [-0.25, -0.2) is 14.2 Å². The van der Waals surface area contributed by atoms with Gasteiger partial charge in [-0.1, -0.05) is 36.4 Å². The third-order valence-electron chi connectivity index (χ3n) is 6.69. The summed E-state index contributed by atoms with van der Waals surface area (Å²) in [5.41, 5.74) is 1.73. The maximum absolute atomic E-state index is 14.8. The first-order chi connectivity index (χ1) is 17.4. The number of nitrogens with zero attached hydrogens (tertiary/aromatic N) is 2. The SMILES string of the molecule is O=C(O)c1c[nH]c2ccc(CCC3CCCN3C(=O)c3ccc(-c4ccccc4)c(F)c3)nc2c1=O. The van der Waals surface area contributed by atoms with E-state index in [4.69, 9.17) is 0 Å². The fourth-order valence-electron chi connectivity index (χ4n) is 4.81. The van der Waals surface area contributed by atoms with Gasteiger partial charge < -0.3 is 15.0 Å². The molecule has 1 unspecified atom stereocenters. The molecule has 2 aromatic heterocycles. The Kier molecular flexibility index (Phi) is 6.33. The number of benzene rings is 2. The summed E-state index contributed by atoms with van der Waals surface area (Å²) in [6, 6.07) is 17.3. The van der Waals surface area contributed by atoms with Gasteiger partial charge in [0, 0.05) is 35.6 Å². The van der Waals surface area contributed by atoms with Crippen LogP contribution in [0.15, 0.2) is 71.7 Å². The smallest absolute Gasteiger partial charge is 0.341 e. The molecule has 0 bridgehead atoms. The Bertz CT molecular complexity index is 1520. The number of aromatic nitrogens is 2. The number of nitrogens with one attached hydrogen (secondary N) is 1. The lowest BCUT2D eigenvalue weighted by molar-refractivity contribution is 0.0693. The lowest BCUT2D eigenvalue weighted by Crippen LogP contribution is -2.36. The second kappa shape index (κ2) is 9.73. The summed E-state index contributed by atoms with van der Waals surface area (Å²) in [6.07, 6.45) is 4.00. The second-order valence-electron chi connectivity index (χ2n) is 8.93. The number of hydrogen-bond donors (Lipinski definition) is 2. The number of halogens is 1. The molecule has 36 heavy (non-hydrogen) atoms. The van der Waals surface area contributed by atoms with Gasteiger partial charge in [-0.05, 0) is 55.5 Å². The second-order valence-corrected chi connectivity index (χ2v) is 8.93. The fraction of sp³-hybridized carbons (Fsp3) is 0.214. The lowest BCUT2D eigenvalue weighted by atomic mass is 10.0. The van der Waals surface area contributed by atoms with Crippen LogP contribution < -0.4 is 5.43 Å². The van der Waals surface area contributed by atoms with Crippen molar-refractivity contribution in [1.82, 2.24) is 14.9 Å². The highest BCUT2D eigenvalue weighted by atomic mass is 19.1. The average molecular weight is 486 g/mol. The number of H-pyrrole nitrogens is 1. The number of fused-ring (bicyclic) bond motifs is 1. The maximum Gasteiger partial charge on any atom is 0.341 e. The van der Waals surface area contributed by atoms with E-state index in [1.165, 1.54) is 12.3 Å². The molecule has 2 aromatic carbocycles. The van der Waals surface area contributed by atoms with Gasteiger partial charge in [-0.3, -0.25) is 9.59 Å². The summed E-state index contributed by atoms with van der Waals surface area (Å²) in [7, 11) is 0. The summed E-state index contributed by atoms with van der Waals surface area (Å²) in [4.78, 5) is 46.0. The monoisotopic (exact) mass is 485 g/mol. The number of carboxylic acid groups (broad SMARTS) is 1. The number of hydrogen-bond acceptors (Lipinski definition) is 4. The van der Waals surface area contributed by atoms with Crippen LogP contribution in [-0.4, -0.2) is 44.4 Å². The van der Waals surface area contributed by atoms with Crippen LogP contribution in [0.5, 0.6) is 0 Å². The van der Waals surface area contributed by atoms with Crippen LogP contribution in [-0.2, 0) is 6.42 Å². The van der Waals surface area contributed by atoms with Crippen molar-refractivity contribution < 1.29 is 19.1 Å². The van der Waals surface area contributed by atoms with Gasteiger partial charge in [-0.2, -0.15) is 0 Å². The molecule has 0 spiro atoms. The molecule has 1 atom stereocenters. The van der Waals surface area contributed by atoms with Crippen molar-refractivity contribution in [1.29, 1.82) is 0 Å². The molecule has 5 rings (SSSR count). The van der Waals surface area contributed by atoms with Crippen molar-refractivity contribution in [3.63, 3.8) is 0 Å². The van der Waals surface area contributed by atoms with Crippen LogP contribution in [0.3, 0.4) is 0 Å². The topological polar surface area (TPSA) is 103 Å². The predicted octanol–water partition coefficient (Wildman–Crippen LogP) is 4.66. The number of carbonyl (C=O) groups excluding carboxylic acids is 1. The average Bonchev–Trinajstić information content (AvgIpc) is 3.36. The van der Waals surface area contributed by atoms with E-state index in [9.17, 15) is 23.9 Å². The minimum Gasteiger partial charge on any atom is -0.477 e. The van der Waals surface area contributed by atoms with Crippen LogP contribution in [0.25, 0.3) is 22.2 Å². The first kappa shape index (κ1) is 23.4. The Hall–Kier alpha value is -4.33. The summed E-state index contributed by atoms with van der Waals surface area (Å²) in [5, 5.41) is 9.20. The van der Waals surface area contributed by atoms with E-state index in [1.807, 2.05) is 30.3 Å². The number of carbonyl (C=O) groups is 2. The first-order valence-corrected chi connectivity index (χ1v) is 11.8. The van der Waals surface area contributed by atoms with E-state index in [-0.39, 0.29) is 23.0 Å². The molecule has 0 aliphatic carbocycles. The first-order valence-electron chi connectivity index (χ1n) is 11.8. The van der Waals surface area contributed by atoms with Crippen molar-refractivity contribution in [3.05, 3.63) is 99.7 Å². The normalized spacial score (nSPS) is 15.4. The maximum atomic E-state index is 14.8. The standard InChI is InChI=1S/C28H24FN3O4/c29-23-15-18(8-12-21(23)17-5-2-1-3-6-17)27(34)32-14-4-7-20(32)11-9-19-10-13-24-25(31-19)26(33)22(16-30-24)28(35)36/h1-3,5-6,8,10,12-13,15-16,20H,4,7,9,11,14H2,(H,30,33)(H,35,36). The van der Waals surface area contributed by atoms with Gasteiger partial charge in [-0.15, -0.1) is 0 Å². The molecule has 3 heterocycles. The number of pyridine rings is 2. The zero-order valence-corrected chi connectivity index (χ0v) is 19.4. The molecule has 1 saturated heterocycles. The molecule has 1 aliphatic heterocycles. The molecular formula is C28H24FN3O4. The third kappa shape index (κ3) is 4.49. The Labute approximate surface area is 206 Å². The summed E-state index contributed by atoms with van der Waals surface area (Å²) < 4.78 is 14.8. The van der Waals surface area contributed by atoms with Crippen LogP contribution in [0, 0.1) is 5.82 Å². The number of aryl methyl sites for hydroxylation is 1. The van der Waals surface area contributed by atoms with Gasteiger partial charge in [0.2, 0.25) is 5.43 Å². The predicted molar refractivity (Wildman–Crippen MR) is 134 cm³/mol. The number of carboxylic acids is 1. The van der Waals surface area contributed by atoms with Gasteiger partial charge in [0.15, 0.2) is 0 Å². The number of aromatic carboxylic acids is 1. The molecule has 0 saturated carbocycles. The van der Waals surface area contributed by atoms with Crippen molar-refractivity contribution in [2.24, 2.45) is 0 Å². The van der Waals surface area contributed by atoms with Gasteiger partial charge in [0.1, 0.15) is 16.9 Å². The van der Waals surface area contributed by atoms with E-state index >= 15 is 0 Å². The molecule has 7 nitrogen and oxygen atoms in total. The Morgan fingerprint density at radius 2 is 1.92 bits per heavy atom. The molecule has 0 radical (unpaired) electrons. The molecule has 1 aliphatic rings. The number of aromatic amines is 1. The van der Waals surface area contributed by atoms with Crippen molar-refractivity contribution in [2.75, 3.05) is 6.54 Å². The van der Waals surface area contributed by atoms with E-state index in [0.29, 0.717) is 41.7 Å². The number of rotatable bonds is 6. The highest BCUT2D eigenvalue weighted by Gasteiger charge is 2.29. The van der Waals surface area contributed by atoms with E-state index in [0.717, 1.165) is 18.4 Å². The Balaban J connectivity index is 1.31. The molecular weight excluding hydrogens is 461 g/mol. The van der Waals surface area contributed by atoms with Gasteiger partial charge in [0.05, 0.1) is 5.52 Å². The highest BCUT2D eigenvalue weighted by Crippen LogP contribution is 2.27. The third-order valence-corrected chi connectivity index (χ3v) is 6.69. The Morgan fingerprint density at radius 3 is 2.67 bits per heavy atom. The minimum absolute atomic E-state index is 0.0319. The quantitative estimate of drug-likeness (QED) is 0.413. The van der Waals surface area contributed by atoms with Gasteiger partial charge >= 0.3 is 5.97 Å². The number of amides is 1. The van der Waals surface area contributed by atoms with Crippen molar-refractivity contribution in [2.45, 2.75) is 31.7 Å². The van der Waals surface area contributed by atoms with Crippen molar-refractivity contribution >= 4 is 22.9 Å². The minimum atomic E-state index is -1.31. The molecule has 4 aromatic rings. The largest absolute Gasteiger partial charge is 0.477 e. The summed E-state index contributed by atoms with van der Waals surface area (Å²) >= 11 is 0. The van der Waals surface area contributed by atoms with E-state index < -0.39 is 17.2 Å². The molecule has 2 N–H and O–H groups in total. The molecule has 1 amide bonds. The van der Waals surface area contributed by atoms with E-state index in [2.05, 4.69) is 9.97 Å². The van der Waals surface area contributed by atoms with Crippen LogP contribution in [0.4, 0.5) is 4.39 Å². The summed E-state index contributed by atoms with van der Waals surface area (Å²) in [6.45, 7) is 0.596. The van der Waals surface area contributed by atoms with Crippen LogP contribution in [0.2, 0.25) is 0 Å². The van der Waals surface area contributed by atoms with Gasteiger partial charge in [0.25, 0.3) is 5.91 Å². The fourth-order valence-corrected chi connectivity index (χ4v) is 4.81.